The van der Waals surface area contributed by atoms with Crippen LogP contribution in [0, 0.1) is 5.82 Å². The molecule has 41 heavy (non-hydrogen) atoms. The number of hydrogen-bond acceptors (Lipinski definition) is 3. The summed E-state index contributed by atoms with van der Waals surface area (Å²) in [7, 11) is 0. The van der Waals surface area contributed by atoms with E-state index in [1.807, 2.05) is 0 Å². The summed E-state index contributed by atoms with van der Waals surface area (Å²) in [5.41, 5.74) is -1.78. The van der Waals surface area contributed by atoms with Gasteiger partial charge >= 0.3 is 12.4 Å². The molecule has 2 unspecified atom stereocenters. The van der Waals surface area contributed by atoms with Gasteiger partial charge in [0.1, 0.15) is 22.3 Å². The first-order valence-electron chi connectivity index (χ1n) is 11.9. The van der Waals surface area contributed by atoms with Crippen molar-refractivity contribution < 1.29 is 40.6 Å². The maximum atomic E-state index is 15.2. The summed E-state index contributed by atoms with van der Waals surface area (Å²) in [6.45, 7) is -0.627. The van der Waals surface area contributed by atoms with Gasteiger partial charge in [-0.3, -0.25) is 5.32 Å². The van der Waals surface area contributed by atoms with Gasteiger partial charge in [0.2, 0.25) is 0 Å². The van der Waals surface area contributed by atoms with Crippen LogP contribution in [-0.4, -0.2) is 11.7 Å². The van der Waals surface area contributed by atoms with Crippen LogP contribution in [0.1, 0.15) is 39.9 Å². The molecule has 12 heteroatoms. The quantitative estimate of drug-likeness (QED) is 0.194. The molecule has 216 valence electrons. The molecule has 2 atom stereocenters. The van der Waals surface area contributed by atoms with E-state index in [0.29, 0.717) is 17.7 Å². The largest absolute Gasteiger partial charge is 0.456 e. The maximum Gasteiger partial charge on any atom is 0.416 e. The zero-order valence-corrected chi connectivity index (χ0v) is 22.2. The Morgan fingerprint density at radius 1 is 0.756 bits per heavy atom. The molecule has 0 amide bonds. The summed E-state index contributed by atoms with van der Waals surface area (Å²) >= 11 is 12.2. The van der Waals surface area contributed by atoms with E-state index in [-0.39, 0.29) is 32.7 Å². The molecule has 0 heterocycles. The van der Waals surface area contributed by atoms with Crippen molar-refractivity contribution in [3.05, 3.63) is 129 Å². The normalized spacial score (nSPS) is 13.6. The maximum absolute atomic E-state index is 15.2. The lowest BCUT2D eigenvalue weighted by Crippen LogP contribution is -2.30. The fourth-order valence-corrected chi connectivity index (χ4v) is 4.44. The minimum absolute atomic E-state index is 0.130. The highest BCUT2D eigenvalue weighted by Crippen LogP contribution is 2.38. The van der Waals surface area contributed by atoms with Gasteiger partial charge in [0, 0.05) is 5.56 Å². The van der Waals surface area contributed by atoms with E-state index < -0.39 is 48.0 Å². The Hall–Kier alpha value is -3.31. The Balaban J connectivity index is 1.75. The Bertz CT molecular complexity index is 1510. The predicted octanol–water partition coefficient (Wildman–Crippen LogP) is 9.37. The van der Waals surface area contributed by atoms with Crippen molar-refractivity contribution >= 4 is 23.2 Å². The van der Waals surface area contributed by atoms with Gasteiger partial charge in [0.15, 0.2) is 0 Å². The van der Waals surface area contributed by atoms with Gasteiger partial charge in [-0.05, 0) is 59.7 Å². The van der Waals surface area contributed by atoms with Crippen LogP contribution in [0.5, 0.6) is 11.5 Å². The second-order valence-electron chi connectivity index (χ2n) is 8.92. The zero-order valence-electron chi connectivity index (χ0n) is 20.7. The van der Waals surface area contributed by atoms with E-state index in [2.05, 4.69) is 5.32 Å². The van der Waals surface area contributed by atoms with Gasteiger partial charge in [0.05, 0.1) is 34.8 Å². The standard InChI is InChI=1S/C29H20Cl2F7NO2/c30-22-5-2-6-25(26(22)31)41-20-4-1-3-17(13-20)27(21-12-11-19(14-23(21)32)29(36,37)38)39-24(15-40)16-7-9-18(10-8-16)28(33,34)35/h1-14,24,27,39-40H,15H2. The summed E-state index contributed by atoms with van der Waals surface area (Å²) < 4.78 is 99.8. The number of ether oxygens (including phenoxy) is 1. The Morgan fingerprint density at radius 3 is 2.00 bits per heavy atom. The second kappa shape index (κ2) is 12.3. The minimum Gasteiger partial charge on any atom is -0.456 e. The van der Waals surface area contributed by atoms with Crippen LogP contribution in [0.4, 0.5) is 30.7 Å². The highest BCUT2D eigenvalue weighted by Gasteiger charge is 2.33. The predicted molar refractivity (Wildman–Crippen MR) is 141 cm³/mol. The molecule has 2 N–H and O–H groups in total. The third kappa shape index (κ3) is 7.32. The van der Waals surface area contributed by atoms with Gasteiger partial charge in [-0.1, -0.05) is 59.6 Å². The van der Waals surface area contributed by atoms with Crippen LogP contribution in [0.25, 0.3) is 0 Å². The smallest absolute Gasteiger partial charge is 0.416 e. The summed E-state index contributed by atoms with van der Waals surface area (Å²) in [4.78, 5) is 0. The fraction of sp³-hybridized carbons (Fsp3) is 0.172. The molecule has 0 aliphatic heterocycles. The Labute approximate surface area is 240 Å². The van der Waals surface area contributed by atoms with Crippen LogP contribution in [0.3, 0.4) is 0 Å². The number of aliphatic hydroxyl groups is 1. The lowest BCUT2D eigenvalue weighted by atomic mass is 9.94. The van der Waals surface area contributed by atoms with Crippen LogP contribution in [0.2, 0.25) is 10.0 Å². The van der Waals surface area contributed by atoms with Gasteiger partial charge in [-0.25, -0.2) is 4.39 Å². The van der Waals surface area contributed by atoms with E-state index in [9.17, 15) is 31.4 Å². The number of benzene rings is 4. The lowest BCUT2D eigenvalue weighted by Gasteiger charge is -2.27. The van der Waals surface area contributed by atoms with Crippen LogP contribution in [0.15, 0.2) is 84.9 Å². The highest BCUT2D eigenvalue weighted by molar-refractivity contribution is 6.42. The van der Waals surface area contributed by atoms with E-state index >= 15 is 4.39 Å². The fourth-order valence-electron chi connectivity index (χ4n) is 4.11. The molecule has 0 saturated carbocycles. The summed E-state index contributed by atoms with van der Waals surface area (Å²) in [5.74, 6) is -0.758. The SMILES string of the molecule is OCC(NC(c1cccc(Oc2cccc(Cl)c2Cl)c1)c1ccc(C(F)(F)F)cc1F)c1ccc(C(F)(F)F)cc1. The van der Waals surface area contributed by atoms with Crippen LogP contribution in [-0.2, 0) is 12.4 Å². The van der Waals surface area contributed by atoms with Gasteiger partial charge in [-0.2, -0.15) is 26.3 Å². The van der Waals surface area contributed by atoms with Crippen molar-refractivity contribution in [3.8, 4) is 11.5 Å². The van der Waals surface area contributed by atoms with Crippen molar-refractivity contribution in [1.82, 2.24) is 5.32 Å². The number of nitrogens with one attached hydrogen (secondary N) is 1. The Morgan fingerprint density at radius 2 is 1.39 bits per heavy atom. The number of halogens is 9. The van der Waals surface area contributed by atoms with E-state index in [1.165, 1.54) is 6.07 Å². The molecule has 4 aromatic rings. The first-order valence-corrected chi connectivity index (χ1v) is 12.7. The molecular weight excluding hydrogens is 598 g/mol. The molecule has 0 aromatic heterocycles. The molecule has 0 saturated heterocycles. The van der Waals surface area contributed by atoms with Crippen LogP contribution >= 0.6 is 23.2 Å². The molecular formula is C29H20Cl2F7NO2. The molecule has 0 aliphatic rings. The van der Waals surface area contributed by atoms with Gasteiger partial charge < -0.3 is 9.84 Å². The second-order valence-corrected chi connectivity index (χ2v) is 9.70. The van der Waals surface area contributed by atoms with Crippen molar-refractivity contribution in [2.75, 3.05) is 6.61 Å². The van der Waals surface area contributed by atoms with Crippen LogP contribution < -0.4 is 10.1 Å². The zero-order chi connectivity index (χ0) is 29.9. The first-order chi connectivity index (χ1) is 19.3. The number of hydrogen-bond donors (Lipinski definition) is 2. The Kier molecular flexibility index (Phi) is 9.18. The lowest BCUT2D eigenvalue weighted by molar-refractivity contribution is -0.138. The monoisotopic (exact) mass is 617 g/mol. The topological polar surface area (TPSA) is 41.5 Å². The molecule has 0 bridgehead atoms. The van der Waals surface area contributed by atoms with Crippen molar-refractivity contribution in [2.24, 2.45) is 0 Å². The molecule has 0 aliphatic carbocycles. The average Bonchev–Trinajstić information content (AvgIpc) is 2.91. The molecule has 4 rings (SSSR count). The minimum atomic E-state index is -4.79. The summed E-state index contributed by atoms with van der Waals surface area (Å²) in [6.07, 6.45) is -9.38. The molecule has 3 nitrogen and oxygen atoms in total. The third-order valence-electron chi connectivity index (χ3n) is 6.16. The van der Waals surface area contributed by atoms with E-state index in [0.717, 1.165) is 30.3 Å². The molecule has 0 spiro atoms. The van der Waals surface area contributed by atoms with Crippen molar-refractivity contribution in [2.45, 2.75) is 24.4 Å². The van der Waals surface area contributed by atoms with Gasteiger partial charge in [-0.15, -0.1) is 0 Å². The average molecular weight is 618 g/mol. The van der Waals surface area contributed by atoms with E-state index in [4.69, 9.17) is 27.9 Å². The third-order valence-corrected chi connectivity index (χ3v) is 6.97. The van der Waals surface area contributed by atoms with Crippen molar-refractivity contribution in [1.29, 1.82) is 0 Å². The van der Waals surface area contributed by atoms with Crippen molar-refractivity contribution in [3.63, 3.8) is 0 Å². The van der Waals surface area contributed by atoms with E-state index in [1.54, 1.807) is 36.4 Å². The first kappa shape index (κ1) is 30.6. The highest BCUT2D eigenvalue weighted by atomic mass is 35.5. The number of alkyl halides is 6. The number of rotatable bonds is 8. The molecule has 0 radical (unpaired) electrons. The molecule has 0 fully saturated rings. The summed E-state index contributed by atoms with van der Waals surface area (Å²) in [5, 5.41) is 13.4. The summed E-state index contributed by atoms with van der Waals surface area (Å²) in [6, 6.07) is 14.6. The molecule has 4 aromatic carbocycles. The number of aliphatic hydroxyl groups excluding tert-OH is 1. The van der Waals surface area contributed by atoms with Gasteiger partial charge in [0.25, 0.3) is 0 Å².